The van der Waals surface area contributed by atoms with Crippen molar-refractivity contribution in [3.05, 3.63) is 47.2 Å². The van der Waals surface area contributed by atoms with Crippen LogP contribution in [0.4, 0.5) is 24.8 Å². The molecule has 0 radical (unpaired) electrons. The van der Waals surface area contributed by atoms with Crippen LogP contribution < -0.4 is 9.80 Å². The summed E-state index contributed by atoms with van der Waals surface area (Å²) in [4.78, 5) is 11.4. The second kappa shape index (κ2) is 6.23. The highest BCUT2D eigenvalue weighted by Gasteiger charge is 2.33. The molecule has 4 nitrogen and oxygen atoms in total. The van der Waals surface area contributed by atoms with Gasteiger partial charge in [-0.1, -0.05) is 23.7 Å². The lowest BCUT2D eigenvalue weighted by Crippen LogP contribution is -2.47. The molecular formula is C15H14ClF3N4. The van der Waals surface area contributed by atoms with Crippen LogP contribution in [0.3, 0.4) is 0 Å². The van der Waals surface area contributed by atoms with E-state index in [0.717, 1.165) is 18.0 Å². The van der Waals surface area contributed by atoms with Crippen molar-refractivity contribution in [3.63, 3.8) is 0 Å². The minimum Gasteiger partial charge on any atom is -0.367 e. The number of benzene rings is 1. The van der Waals surface area contributed by atoms with Crippen LogP contribution in [0.15, 0.2) is 36.5 Å². The van der Waals surface area contributed by atoms with Crippen molar-refractivity contribution in [2.75, 3.05) is 36.0 Å². The molecule has 0 spiro atoms. The Morgan fingerprint density at radius 1 is 0.957 bits per heavy atom. The first kappa shape index (κ1) is 15.9. The SMILES string of the molecule is FC(F)(F)c1ccnc(N2CCN(c3ccccc3Cl)CC2)n1. The Kier molecular flexibility index (Phi) is 4.30. The van der Waals surface area contributed by atoms with Gasteiger partial charge in [-0.3, -0.25) is 0 Å². The monoisotopic (exact) mass is 342 g/mol. The molecule has 2 aromatic rings. The lowest BCUT2D eigenvalue weighted by molar-refractivity contribution is -0.141. The van der Waals surface area contributed by atoms with Crippen molar-refractivity contribution in [2.24, 2.45) is 0 Å². The molecule has 2 heterocycles. The number of halogens is 4. The molecule has 23 heavy (non-hydrogen) atoms. The van der Waals surface area contributed by atoms with Crippen LogP contribution in [0.5, 0.6) is 0 Å². The Balaban J connectivity index is 1.71. The van der Waals surface area contributed by atoms with Gasteiger partial charge in [0, 0.05) is 32.4 Å². The molecule has 1 saturated heterocycles. The molecule has 3 rings (SSSR count). The van der Waals surface area contributed by atoms with Crippen LogP contribution in [0, 0.1) is 0 Å². The average Bonchev–Trinajstić information content (AvgIpc) is 2.55. The molecule has 8 heteroatoms. The smallest absolute Gasteiger partial charge is 0.367 e. The first-order chi connectivity index (χ1) is 10.9. The van der Waals surface area contributed by atoms with E-state index >= 15 is 0 Å². The van der Waals surface area contributed by atoms with Gasteiger partial charge < -0.3 is 9.80 Å². The Hall–Kier alpha value is -2.02. The van der Waals surface area contributed by atoms with Crippen LogP contribution in [0.1, 0.15) is 5.69 Å². The van der Waals surface area contributed by atoms with E-state index in [0.29, 0.717) is 31.2 Å². The maximum absolute atomic E-state index is 12.7. The minimum atomic E-state index is -4.46. The van der Waals surface area contributed by atoms with Gasteiger partial charge in [0.15, 0.2) is 0 Å². The Morgan fingerprint density at radius 2 is 1.61 bits per heavy atom. The highest BCUT2D eigenvalue weighted by Crippen LogP contribution is 2.29. The molecule has 0 saturated carbocycles. The van der Waals surface area contributed by atoms with Gasteiger partial charge in [0.1, 0.15) is 5.69 Å². The third-order valence-electron chi connectivity index (χ3n) is 3.69. The van der Waals surface area contributed by atoms with Crippen molar-refractivity contribution >= 4 is 23.2 Å². The van der Waals surface area contributed by atoms with Crippen molar-refractivity contribution in [1.82, 2.24) is 9.97 Å². The zero-order valence-electron chi connectivity index (χ0n) is 12.1. The molecule has 0 aliphatic carbocycles. The molecule has 0 N–H and O–H groups in total. The zero-order valence-corrected chi connectivity index (χ0v) is 12.8. The molecule has 1 fully saturated rings. The molecule has 0 amide bonds. The summed E-state index contributed by atoms with van der Waals surface area (Å²) in [7, 11) is 0. The van der Waals surface area contributed by atoms with Gasteiger partial charge >= 0.3 is 6.18 Å². The quantitative estimate of drug-likeness (QED) is 0.836. The van der Waals surface area contributed by atoms with E-state index in [1.807, 2.05) is 24.3 Å². The molecule has 122 valence electrons. The fraction of sp³-hybridized carbons (Fsp3) is 0.333. The Morgan fingerprint density at radius 3 is 2.26 bits per heavy atom. The zero-order chi connectivity index (χ0) is 16.4. The van der Waals surface area contributed by atoms with E-state index in [-0.39, 0.29) is 5.95 Å². The third-order valence-corrected chi connectivity index (χ3v) is 4.01. The number of rotatable bonds is 2. The number of aromatic nitrogens is 2. The summed E-state index contributed by atoms with van der Waals surface area (Å²) in [6, 6.07) is 8.39. The standard InChI is InChI=1S/C15H14ClF3N4/c16-11-3-1-2-4-12(11)22-7-9-23(10-8-22)14-20-6-5-13(21-14)15(17,18)19/h1-6H,7-10H2. The van der Waals surface area contributed by atoms with E-state index in [1.54, 1.807) is 4.90 Å². The highest BCUT2D eigenvalue weighted by molar-refractivity contribution is 6.33. The largest absolute Gasteiger partial charge is 0.433 e. The van der Waals surface area contributed by atoms with Gasteiger partial charge in [-0.15, -0.1) is 0 Å². The second-order valence-corrected chi connectivity index (χ2v) is 5.57. The predicted octanol–water partition coefficient (Wildman–Crippen LogP) is 3.48. The second-order valence-electron chi connectivity index (χ2n) is 5.17. The number of para-hydroxylation sites is 1. The topological polar surface area (TPSA) is 32.3 Å². The molecule has 0 unspecified atom stereocenters. The number of nitrogens with zero attached hydrogens (tertiary/aromatic N) is 4. The Labute approximate surface area is 136 Å². The summed E-state index contributed by atoms with van der Waals surface area (Å²) < 4.78 is 38.2. The van der Waals surface area contributed by atoms with E-state index < -0.39 is 11.9 Å². The van der Waals surface area contributed by atoms with Crippen molar-refractivity contribution < 1.29 is 13.2 Å². The summed E-state index contributed by atoms with van der Waals surface area (Å²) in [5.41, 5.74) is 0.00908. The number of hydrogen-bond acceptors (Lipinski definition) is 4. The number of hydrogen-bond donors (Lipinski definition) is 0. The van der Waals surface area contributed by atoms with Crippen molar-refractivity contribution in [1.29, 1.82) is 0 Å². The first-order valence-corrected chi connectivity index (χ1v) is 7.47. The molecule has 1 aliphatic heterocycles. The summed E-state index contributed by atoms with van der Waals surface area (Å²) >= 11 is 6.18. The van der Waals surface area contributed by atoms with Crippen LogP contribution in [-0.4, -0.2) is 36.1 Å². The van der Waals surface area contributed by atoms with E-state index in [4.69, 9.17) is 11.6 Å². The Bertz CT molecular complexity index is 684. The van der Waals surface area contributed by atoms with Gasteiger partial charge in [-0.2, -0.15) is 13.2 Å². The van der Waals surface area contributed by atoms with Crippen LogP contribution in [0.2, 0.25) is 5.02 Å². The van der Waals surface area contributed by atoms with Gasteiger partial charge in [0.25, 0.3) is 0 Å². The fourth-order valence-electron chi connectivity index (χ4n) is 2.51. The van der Waals surface area contributed by atoms with Crippen LogP contribution in [0.25, 0.3) is 0 Å². The van der Waals surface area contributed by atoms with Gasteiger partial charge in [-0.25, -0.2) is 9.97 Å². The van der Waals surface area contributed by atoms with E-state index in [9.17, 15) is 13.2 Å². The van der Waals surface area contributed by atoms with Gasteiger partial charge in [-0.05, 0) is 18.2 Å². The summed E-state index contributed by atoms with van der Waals surface area (Å²) in [5.74, 6) is 0.110. The fourth-order valence-corrected chi connectivity index (χ4v) is 2.77. The summed E-state index contributed by atoms with van der Waals surface area (Å²) in [6.07, 6.45) is -3.32. The lowest BCUT2D eigenvalue weighted by Gasteiger charge is -2.36. The summed E-state index contributed by atoms with van der Waals surface area (Å²) in [6.45, 7) is 2.35. The normalized spacial score (nSPS) is 15.8. The molecule has 1 aliphatic rings. The van der Waals surface area contributed by atoms with Gasteiger partial charge in [0.2, 0.25) is 5.95 Å². The molecule has 1 aromatic heterocycles. The molecule has 1 aromatic carbocycles. The maximum Gasteiger partial charge on any atom is 0.433 e. The molecule has 0 bridgehead atoms. The molecular weight excluding hydrogens is 329 g/mol. The predicted molar refractivity (Wildman–Crippen MR) is 82.9 cm³/mol. The van der Waals surface area contributed by atoms with E-state index in [2.05, 4.69) is 14.9 Å². The molecule has 0 atom stereocenters. The maximum atomic E-state index is 12.7. The van der Waals surface area contributed by atoms with Crippen molar-refractivity contribution in [3.8, 4) is 0 Å². The lowest BCUT2D eigenvalue weighted by atomic mass is 10.2. The average molecular weight is 343 g/mol. The van der Waals surface area contributed by atoms with Gasteiger partial charge in [0.05, 0.1) is 10.7 Å². The highest BCUT2D eigenvalue weighted by atomic mass is 35.5. The minimum absolute atomic E-state index is 0.110. The first-order valence-electron chi connectivity index (χ1n) is 7.10. The number of anilines is 2. The number of alkyl halides is 3. The number of piperazine rings is 1. The van der Waals surface area contributed by atoms with Crippen molar-refractivity contribution in [2.45, 2.75) is 6.18 Å². The summed E-state index contributed by atoms with van der Waals surface area (Å²) in [5, 5.41) is 0.663. The van der Waals surface area contributed by atoms with E-state index in [1.165, 1.54) is 0 Å². The third kappa shape index (κ3) is 3.50. The van der Waals surface area contributed by atoms with Crippen LogP contribution >= 0.6 is 11.6 Å². The van der Waals surface area contributed by atoms with Crippen LogP contribution in [-0.2, 0) is 6.18 Å².